The van der Waals surface area contributed by atoms with Gasteiger partial charge in [-0.25, -0.2) is 0 Å². The summed E-state index contributed by atoms with van der Waals surface area (Å²) in [7, 11) is 0. The van der Waals surface area contributed by atoms with Gasteiger partial charge < -0.3 is 14.5 Å². The number of aromatic nitrogens is 1. The van der Waals surface area contributed by atoms with Crippen molar-refractivity contribution < 1.29 is 14.3 Å². The molecule has 2 heterocycles. The van der Waals surface area contributed by atoms with E-state index in [1.165, 1.54) is 0 Å². The highest BCUT2D eigenvalue weighted by Crippen LogP contribution is 2.24. The third-order valence-electron chi connectivity index (χ3n) is 4.83. The summed E-state index contributed by atoms with van der Waals surface area (Å²) in [6.07, 6.45) is 3.23. The Balaban J connectivity index is 1.67. The summed E-state index contributed by atoms with van der Waals surface area (Å²) in [6.45, 7) is 8.54. The number of hydrogen-bond donors (Lipinski definition) is 0. The van der Waals surface area contributed by atoms with Crippen molar-refractivity contribution in [2.45, 2.75) is 20.8 Å². The zero-order valence-corrected chi connectivity index (χ0v) is 16.1. The van der Waals surface area contributed by atoms with Crippen LogP contribution in [0.15, 0.2) is 36.7 Å². The van der Waals surface area contributed by atoms with Gasteiger partial charge in [0.15, 0.2) is 0 Å². The summed E-state index contributed by atoms with van der Waals surface area (Å²) in [5.74, 6) is 0.812. The lowest BCUT2D eigenvalue weighted by Crippen LogP contribution is -2.50. The Morgan fingerprint density at radius 2 is 1.56 bits per heavy atom. The maximum absolute atomic E-state index is 13.0. The van der Waals surface area contributed by atoms with Crippen LogP contribution >= 0.6 is 0 Å². The van der Waals surface area contributed by atoms with Crippen LogP contribution in [0.4, 0.5) is 0 Å². The highest BCUT2D eigenvalue weighted by molar-refractivity contribution is 5.97. The number of amides is 2. The first-order chi connectivity index (χ1) is 13.0. The highest BCUT2D eigenvalue weighted by atomic mass is 16.5. The largest absolute Gasteiger partial charge is 0.494 e. The van der Waals surface area contributed by atoms with Crippen molar-refractivity contribution in [3.05, 3.63) is 58.9 Å². The number of rotatable bonds is 4. The molecule has 0 aliphatic carbocycles. The molecule has 6 nitrogen and oxygen atoms in total. The lowest BCUT2D eigenvalue weighted by molar-refractivity contribution is 0.0535. The van der Waals surface area contributed by atoms with Crippen molar-refractivity contribution in [1.29, 1.82) is 0 Å². The molecule has 6 heteroatoms. The third kappa shape index (κ3) is 4.10. The van der Waals surface area contributed by atoms with E-state index in [1.807, 2.05) is 37.8 Å². The molecule has 1 fully saturated rings. The minimum atomic E-state index is -0.0161. The Hall–Kier alpha value is -2.89. The number of carbonyl (C=O) groups excluding carboxylic acids is 2. The minimum Gasteiger partial charge on any atom is -0.494 e. The maximum atomic E-state index is 13.0. The molecule has 0 N–H and O–H groups in total. The number of pyridine rings is 1. The molecule has 0 spiro atoms. The third-order valence-corrected chi connectivity index (χ3v) is 4.83. The lowest BCUT2D eigenvalue weighted by atomic mass is 10.0. The summed E-state index contributed by atoms with van der Waals surface area (Å²) in [4.78, 5) is 33.0. The highest BCUT2D eigenvalue weighted by Gasteiger charge is 2.26. The van der Waals surface area contributed by atoms with Crippen molar-refractivity contribution in [1.82, 2.24) is 14.8 Å². The summed E-state index contributed by atoms with van der Waals surface area (Å²) in [5, 5.41) is 0. The summed E-state index contributed by atoms with van der Waals surface area (Å²) < 4.78 is 5.61. The molecule has 1 aromatic heterocycles. The predicted molar refractivity (Wildman–Crippen MR) is 103 cm³/mol. The molecule has 27 heavy (non-hydrogen) atoms. The first-order valence-corrected chi connectivity index (χ1v) is 9.24. The predicted octanol–water partition coefficient (Wildman–Crippen LogP) is 2.70. The summed E-state index contributed by atoms with van der Waals surface area (Å²) in [6, 6.07) is 7.25. The van der Waals surface area contributed by atoms with E-state index in [-0.39, 0.29) is 11.8 Å². The molecule has 0 radical (unpaired) electrons. The number of hydrogen-bond acceptors (Lipinski definition) is 4. The van der Waals surface area contributed by atoms with E-state index in [0.717, 1.165) is 16.9 Å². The number of nitrogens with zero attached hydrogens (tertiary/aromatic N) is 3. The second kappa shape index (κ2) is 8.20. The standard InChI is InChI=1S/C21H25N3O3/c1-4-27-19-14-15(2)18(13-16(19)3)21(26)24-11-9-23(10-12-24)20(25)17-5-7-22-8-6-17/h5-8,13-14H,4,9-12H2,1-3H3. The number of aryl methyl sites for hydroxylation is 2. The monoisotopic (exact) mass is 367 g/mol. The molecule has 0 unspecified atom stereocenters. The average molecular weight is 367 g/mol. The van der Waals surface area contributed by atoms with Crippen LogP contribution in [-0.2, 0) is 0 Å². The van der Waals surface area contributed by atoms with Crippen LogP contribution in [0.25, 0.3) is 0 Å². The van der Waals surface area contributed by atoms with Gasteiger partial charge in [0.1, 0.15) is 5.75 Å². The van der Waals surface area contributed by atoms with E-state index in [4.69, 9.17) is 4.74 Å². The molecule has 1 aliphatic rings. The van der Waals surface area contributed by atoms with Crippen LogP contribution in [0, 0.1) is 13.8 Å². The van der Waals surface area contributed by atoms with Gasteiger partial charge in [-0.1, -0.05) is 0 Å². The molecular formula is C21H25N3O3. The molecule has 1 aliphatic heterocycles. The Kier molecular flexibility index (Phi) is 5.74. The fourth-order valence-electron chi connectivity index (χ4n) is 3.29. The van der Waals surface area contributed by atoms with E-state index in [1.54, 1.807) is 29.4 Å². The van der Waals surface area contributed by atoms with Gasteiger partial charge in [0.05, 0.1) is 6.61 Å². The van der Waals surface area contributed by atoms with Crippen LogP contribution in [0.2, 0.25) is 0 Å². The zero-order valence-electron chi connectivity index (χ0n) is 16.1. The lowest BCUT2D eigenvalue weighted by Gasteiger charge is -2.35. The quantitative estimate of drug-likeness (QED) is 0.834. The number of benzene rings is 1. The maximum Gasteiger partial charge on any atom is 0.254 e. The number of carbonyl (C=O) groups is 2. The molecule has 0 bridgehead atoms. The van der Waals surface area contributed by atoms with Crippen molar-refractivity contribution >= 4 is 11.8 Å². The first-order valence-electron chi connectivity index (χ1n) is 9.24. The Morgan fingerprint density at radius 1 is 0.963 bits per heavy atom. The molecule has 142 valence electrons. The van der Waals surface area contributed by atoms with Gasteiger partial charge in [-0.05, 0) is 56.2 Å². The molecular weight excluding hydrogens is 342 g/mol. The second-order valence-electron chi connectivity index (χ2n) is 6.69. The van der Waals surface area contributed by atoms with Crippen molar-refractivity contribution in [3.63, 3.8) is 0 Å². The average Bonchev–Trinajstić information content (AvgIpc) is 2.70. The Bertz CT molecular complexity index is 828. The zero-order chi connectivity index (χ0) is 19.4. The van der Waals surface area contributed by atoms with E-state index in [0.29, 0.717) is 43.9 Å². The van der Waals surface area contributed by atoms with Crippen molar-refractivity contribution in [2.24, 2.45) is 0 Å². The van der Waals surface area contributed by atoms with Gasteiger partial charge in [0.2, 0.25) is 0 Å². The van der Waals surface area contributed by atoms with E-state index in [2.05, 4.69) is 4.98 Å². The summed E-state index contributed by atoms with van der Waals surface area (Å²) >= 11 is 0. The van der Waals surface area contributed by atoms with Crippen molar-refractivity contribution in [2.75, 3.05) is 32.8 Å². The van der Waals surface area contributed by atoms with E-state index < -0.39 is 0 Å². The fourth-order valence-corrected chi connectivity index (χ4v) is 3.29. The van der Waals surface area contributed by atoms with E-state index >= 15 is 0 Å². The van der Waals surface area contributed by atoms with Crippen LogP contribution < -0.4 is 4.74 Å². The first kappa shape index (κ1) is 18.9. The smallest absolute Gasteiger partial charge is 0.254 e. The Labute approximate surface area is 159 Å². The molecule has 0 atom stereocenters. The number of ether oxygens (including phenoxy) is 1. The van der Waals surface area contributed by atoms with Crippen molar-refractivity contribution in [3.8, 4) is 5.75 Å². The molecule has 3 rings (SSSR count). The van der Waals surface area contributed by atoms with E-state index in [9.17, 15) is 9.59 Å². The van der Waals surface area contributed by atoms with Gasteiger partial charge in [0, 0.05) is 49.7 Å². The van der Waals surface area contributed by atoms with Gasteiger partial charge in [0.25, 0.3) is 11.8 Å². The van der Waals surface area contributed by atoms with Crippen LogP contribution in [-0.4, -0.2) is 59.4 Å². The SMILES string of the molecule is CCOc1cc(C)c(C(=O)N2CCN(C(=O)c3ccncc3)CC2)cc1C. The molecule has 2 amide bonds. The second-order valence-corrected chi connectivity index (χ2v) is 6.69. The van der Waals surface area contributed by atoms with Crippen LogP contribution in [0.3, 0.4) is 0 Å². The fraction of sp³-hybridized carbons (Fsp3) is 0.381. The van der Waals surface area contributed by atoms with Gasteiger partial charge in [-0.2, -0.15) is 0 Å². The Morgan fingerprint density at radius 3 is 2.15 bits per heavy atom. The molecule has 1 aromatic carbocycles. The molecule has 0 saturated carbocycles. The van der Waals surface area contributed by atoms with Crippen LogP contribution in [0.5, 0.6) is 5.75 Å². The molecule has 2 aromatic rings. The van der Waals surface area contributed by atoms with Gasteiger partial charge in [-0.3, -0.25) is 14.6 Å². The minimum absolute atomic E-state index is 0.00894. The topological polar surface area (TPSA) is 62.7 Å². The van der Waals surface area contributed by atoms with Gasteiger partial charge >= 0.3 is 0 Å². The van der Waals surface area contributed by atoms with Crippen LogP contribution in [0.1, 0.15) is 38.8 Å². The normalized spacial score (nSPS) is 14.2. The summed E-state index contributed by atoms with van der Waals surface area (Å²) in [5.41, 5.74) is 3.19. The molecule has 1 saturated heterocycles. The van der Waals surface area contributed by atoms with Gasteiger partial charge in [-0.15, -0.1) is 0 Å². The number of piperazine rings is 1.